The standard InChI is InChI=1S/C17H17N3O2S2/c1-11-7-8-24-16(11)17-20-19-15(22-17)9-14(21)18-10-12-3-5-13(23-2)6-4-12/h3-8H,9-10H2,1-2H3,(H,18,21). The fraction of sp³-hybridized carbons (Fsp3) is 0.235. The van der Waals surface area contributed by atoms with Crippen molar-refractivity contribution in [3.8, 4) is 10.8 Å². The van der Waals surface area contributed by atoms with Crippen LogP contribution in [-0.4, -0.2) is 22.4 Å². The summed E-state index contributed by atoms with van der Waals surface area (Å²) in [5, 5.41) is 12.8. The molecule has 2 heterocycles. The minimum atomic E-state index is -0.137. The molecule has 0 saturated carbocycles. The van der Waals surface area contributed by atoms with Crippen molar-refractivity contribution in [2.45, 2.75) is 24.8 Å². The second-order valence-corrected chi connectivity index (χ2v) is 7.03. The molecular formula is C17H17N3O2S2. The van der Waals surface area contributed by atoms with Gasteiger partial charge in [0.15, 0.2) is 0 Å². The zero-order chi connectivity index (χ0) is 16.9. The van der Waals surface area contributed by atoms with Gasteiger partial charge in [0.25, 0.3) is 5.89 Å². The number of carbonyl (C=O) groups is 1. The Morgan fingerprint density at radius 2 is 2.04 bits per heavy atom. The van der Waals surface area contributed by atoms with E-state index in [0.29, 0.717) is 18.3 Å². The molecule has 0 aliphatic carbocycles. The Balaban J connectivity index is 1.55. The van der Waals surface area contributed by atoms with Crippen molar-refractivity contribution in [1.29, 1.82) is 0 Å². The number of thiophene rings is 1. The van der Waals surface area contributed by atoms with Gasteiger partial charge in [-0.15, -0.1) is 33.3 Å². The van der Waals surface area contributed by atoms with E-state index in [4.69, 9.17) is 4.42 Å². The molecule has 0 aliphatic rings. The Morgan fingerprint density at radius 1 is 1.25 bits per heavy atom. The maximum absolute atomic E-state index is 12.0. The van der Waals surface area contributed by atoms with Gasteiger partial charge < -0.3 is 9.73 Å². The van der Waals surface area contributed by atoms with Gasteiger partial charge in [-0.1, -0.05) is 12.1 Å². The van der Waals surface area contributed by atoms with E-state index in [1.165, 1.54) is 4.90 Å². The summed E-state index contributed by atoms with van der Waals surface area (Å²) in [5.41, 5.74) is 2.15. The maximum atomic E-state index is 12.0. The number of thioether (sulfide) groups is 1. The zero-order valence-electron chi connectivity index (χ0n) is 13.4. The van der Waals surface area contributed by atoms with Crippen LogP contribution in [0, 0.1) is 6.92 Å². The number of rotatable bonds is 6. The van der Waals surface area contributed by atoms with E-state index in [9.17, 15) is 4.79 Å². The molecular weight excluding hydrogens is 342 g/mol. The van der Waals surface area contributed by atoms with Crippen molar-refractivity contribution in [3.05, 3.63) is 52.7 Å². The molecule has 7 heteroatoms. The summed E-state index contributed by atoms with van der Waals surface area (Å²) in [7, 11) is 0. The summed E-state index contributed by atoms with van der Waals surface area (Å²) < 4.78 is 5.59. The molecule has 124 valence electrons. The third-order valence-electron chi connectivity index (χ3n) is 3.48. The molecule has 0 radical (unpaired) electrons. The molecule has 0 unspecified atom stereocenters. The number of nitrogens with zero attached hydrogens (tertiary/aromatic N) is 2. The first-order valence-corrected chi connectivity index (χ1v) is 9.52. The van der Waals surface area contributed by atoms with Gasteiger partial charge in [0, 0.05) is 11.4 Å². The van der Waals surface area contributed by atoms with Crippen LogP contribution in [0.4, 0.5) is 0 Å². The largest absolute Gasteiger partial charge is 0.419 e. The first-order valence-electron chi connectivity index (χ1n) is 7.42. The fourth-order valence-electron chi connectivity index (χ4n) is 2.15. The summed E-state index contributed by atoms with van der Waals surface area (Å²) in [4.78, 5) is 14.2. The minimum absolute atomic E-state index is 0.0836. The lowest BCUT2D eigenvalue weighted by molar-refractivity contribution is -0.120. The molecule has 2 aromatic heterocycles. The smallest absolute Gasteiger partial charge is 0.258 e. The lowest BCUT2D eigenvalue weighted by Gasteiger charge is -2.04. The van der Waals surface area contributed by atoms with Crippen LogP contribution in [0.3, 0.4) is 0 Å². The number of aromatic nitrogens is 2. The molecule has 1 N–H and O–H groups in total. The molecule has 0 spiro atoms. The molecule has 1 aromatic carbocycles. The van der Waals surface area contributed by atoms with Crippen LogP contribution < -0.4 is 5.32 Å². The molecule has 0 atom stereocenters. The molecule has 0 bridgehead atoms. The highest BCUT2D eigenvalue weighted by Crippen LogP contribution is 2.27. The normalized spacial score (nSPS) is 10.8. The molecule has 3 aromatic rings. The van der Waals surface area contributed by atoms with Gasteiger partial charge in [0.1, 0.15) is 6.42 Å². The van der Waals surface area contributed by atoms with E-state index in [1.807, 2.05) is 48.9 Å². The van der Waals surface area contributed by atoms with Gasteiger partial charge in [0.2, 0.25) is 11.8 Å². The highest BCUT2D eigenvalue weighted by Gasteiger charge is 2.14. The molecule has 24 heavy (non-hydrogen) atoms. The average molecular weight is 359 g/mol. The van der Waals surface area contributed by atoms with Crippen LogP contribution in [0.15, 0.2) is 45.0 Å². The Kier molecular flexibility index (Phi) is 5.32. The van der Waals surface area contributed by atoms with Gasteiger partial charge in [-0.3, -0.25) is 4.79 Å². The Bertz CT molecular complexity index is 824. The van der Waals surface area contributed by atoms with Crippen molar-refractivity contribution in [2.75, 3.05) is 6.26 Å². The van der Waals surface area contributed by atoms with E-state index in [-0.39, 0.29) is 12.3 Å². The second-order valence-electron chi connectivity index (χ2n) is 5.24. The Morgan fingerprint density at radius 3 is 2.71 bits per heavy atom. The molecule has 5 nitrogen and oxygen atoms in total. The quantitative estimate of drug-likeness (QED) is 0.680. The van der Waals surface area contributed by atoms with Crippen molar-refractivity contribution in [3.63, 3.8) is 0 Å². The summed E-state index contributed by atoms with van der Waals surface area (Å²) >= 11 is 3.24. The predicted octanol–water partition coefficient (Wildman–Crippen LogP) is 3.69. The molecule has 3 rings (SSSR count). The lowest BCUT2D eigenvalue weighted by atomic mass is 10.2. The maximum Gasteiger partial charge on any atom is 0.258 e. The molecule has 0 aliphatic heterocycles. The van der Waals surface area contributed by atoms with Crippen molar-refractivity contribution in [2.24, 2.45) is 0 Å². The SMILES string of the molecule is CSc1ccc(CNC(=O)Cc2nnc(-c3sccc3C)o2)cc1. The van der Waals surface area contributed by atoms with Gasteiger partial charge in [-0.05, 0) is 47.9 Å². The summed E-state index contributed by atoms with van der Waals surface area (Å²) in [6, 6.07) is 10.1. The highest BCUT2D eigenvalue weighted by atomic mass is 32.2. The Labute approximate surface area is 148 Å². The number of carbonyl (C=O) groups excluding carboxylic acids is 1. The number of amides is 1. The summed E-state index contributed by atoms with van der Waals surface area (Å²) in [6.07, 6.45) is 2.12. The molecule has 1 amide bonds. The first kappa shape index (κ1) is 16.7. The number of aryl methyl sites for hydroxylation is 1. The molecule has 0 fully saturated rings. The van der Waals surface area contributed by atoms with E-state index in [2.05, 4.69) is 15.5 Å². The van der Waals surface area contributed by atoms with E-state index in [1.54, 1.807) is 23.1 Å². The van der Waals surface area contributed by atoms with Crippen LogP contribution in [-0.2, 0) is 17.8 Å². The second kappa shape index (κ2) is 7.63. The highest BCUT2D eigenvalue weighted by molar-refractivity contribution is 7.98. The third-order valence-corrected chi connectivity index (χ3v) is 5.23. The van der Waals surface area contributed by atoms with Gasteiger partial charge >= 0.3 is 0 Å². The topological polar surface area (TPSA) is 68.0 Å². The summed E-state index contributed by atoms with van der Waals surface area (Å²) in [5.74, 6) is 0.660. The monoisotopic (exact) mass is 359 g/mol. The van der Waals surface area contributed by atoms with E-state index in [0.717, 1.165) is 16.0 Å². The van der Waals surface area contributed by atoms with Crippen molar-refractivity contribution >= 4 is 29.0 Å². The zero-order valence-corrected chi connectivity index (χ0v) is 15.0. The van der Waals surface area contributed by atoms with Gasteiger partial charge in [0.05, 0.1) is 4.88 Å². The number of hydrogen-bond acceptors (Lipinski definition) is 6. The Hall–Kier alpha value is -2.12. The molecule has 0 saturated heterocycles. The first-order chi connectivity index (χ1) is 11.7. The third kappa shape index (κ3) is 4.04. The van der Waals surface area contributed by atoms with E-state index >= 15 is 0 Å². The van der Waals surface area contributed by atoms with Crippen LogP contribution in [0.2, 0.25) is 0 Å². The fourth-order valence-corrected chi connectivity index (χ4v) is 3.41. The van der Waals surface area contributed by atoms with Crippen LogP contribution >= 0.6 is 23.1 Å². The summed E-state index contributed by atoms with van der Waals surface area (Å²) in [6.45, 7) is 2.48. The lowest BCUT2D eigenvalue weighted by Crippen LogP contribution is -2.24. The van der Waals surface area contributed by atoms with Crippen LogP contribution in [0.25, 0.3) is 10.8 Å². The predicted molar refractivity (Wildman–Crippen MR) is 96.1 cm³/mol. The van der Waals surface area contributed by atoms with Gasteiger partial charge in [-0.25, -0.2) is 0 Å². The van der Waals surface area contributed by atoms with Crippen molar-refractivity contribution in [1.82, 2.24) is 15.5 Å². The van der Waals surface area contributed by atoms with Gasteiger partial charge in [-0.2, -0.15) is 0 Å². The number of benzene rings is 1. The average Bonchev–Trinajstić information content (AvgIpc) is 3.22. The number of hydrogen-bond donors (Lipinski definition) is 1. The van der Waals surface area contributed by atoms with Crippen LogP contribution in [0.5, 0.6) is 0 Å². The van der Waals surface area contributed by atoms with Crippen LogP contribution in [0.1, 0.15) is 17.0 Å². The number of nitrogens with one attached hydrogen (secondary N) is 1. The van der Waals surface area contributed by atoms with Crippen molar-refractivity contribution < 1.29 is 9.21 Å². The van der Waals surface area contributed by atoms with E-state index < -0.39 is 0 Å². The minimum Gasteiger partial charge on any atom is -0.419 e.